The van der Waals surface area contributed by atoms with Gasteiger partial charge in [-0.1, -0.05) is 43.5 Å². The van der Waals surface area contributed by atoms with Crippen LogP contribution in [0.25, 0.3) is 0 Å². The fourth-order valence-corrected chi connectivity index (χ4v) is 3.32. The second kappa shape index (κ2) is 7.50. The van der Waals surface area contributed by atoms with Crippen molar-refractivity contribution in [1.82, 2.24) is 9.62 Å². The first kappa shape index (κ1) is 15.9. The Kier molecular flexibility index (Phi) is 5.67. The van der Waals surface area contributed by atoms with E-state index in [1.165, 1.54) is 19.3 Å². The number of aryl methyl sites for hydroxylation is 1. The molecule has 1 N–H and O–H groups in total. The van der Waals surface area contributed by atoms with Crippen molar-refractivity contribution >= 4 is 23.1 Å². The lowest BCUT2D eigenvalue weighted by Gasteiger charge is -2.30. The van der Waals surface area contributed by atoms with Crippen molar-refractivity contribution in [2.75, 3.05) is 7.05 Å². The highest BCUT2D eigenvalue weighted by molar-refractivity contribution is 8.12. The summed E-state index contributed by atoms with van der Waals surface area (Å²) in [4.78, 5) is 25.9. The van der Waals surface area contributed by atoms with Gasteiger partial charge in [-0.2, -0.15) is 0 Å². The molecular weight excluding hydrogens is 284 g/mol. The van der Waals surface area contributed by atoms with E-state index in [0.29, 0.717) is 11.6 Å². The number of amides is 2. The van der Waals surface area contributed by atoms with Gasteiger partial charge in [0.15, 0.2) is 0 Å². The van der Waals surface area contributed by atoms with E-state index in [1.807, 2.05) is 32.2 Å². The lowest BCUT2D eigenvalue weighted by Crippen LogP contribution is -2.42. The fourth-order valence-electron chi connectivity index (χ4n) is 2.65. The summed E-state index contributed by atoms with van der Waals surface area (Å²) in [5.74, 6) is 0. The molecule has 2 amide bonds. The molecule has 0 aliphatic heterocycles. The summed E-state index contributed by atoms with van der Waals surface area (Å²) in [6.07, 6.45) is 5.72. The summed E-state index contributed by atoms with van der Waals surface area (Å²) in [7, 11) is 1.81. The molecule has 0 unspecified atom stereocenters. The molecule has 21 heavy (non-hydrogen) atoms. The second-order valence-electron chi connectivity index (χ2n) is 5.51. The van der Waals surface area contributed by atoms with Gasteiger partial charge >= 0.3 is 6.03 Å². The minimum atomic E-state index is -0.186. The topological polar surface area (TPSA) is 49.4 Å². The maximum Gasteiger partial charge on any atom is 0.327 e. The van der Waals surface area contributed by atoms with Crippen molar-refractivity contribution in [1.29, 1.82) is 0 Å². The van der Waals surface area contributed by atoms with Crippen molar-refractivity contribution in [3.63, 3.8) is 0 Å². The zero-order valence-corrected chi connectivity index (χ0v) is 13.4. The number of nitrogens with zero attached hydrogens (tertiary/aromatic N) is 1. The maximum atomic E-state index is 12.1. The van der Waals surface area contributed by atoms with Crippen LogP contribution in [0.2, 0.25) is 0 Å². The quantitative estimate of drug-likeness (QED) is 0.846. The highest BCUT2D eigenvalue weighted by atomic mass is 32.2. The Balaban J connectivity index is 1.86. The largest absolute Gasteiger partial charge is 0.327 e. The van der Waals surface area contributed by atoms with E-state index >= 15 is 0 Å². The molecular formula is C16H22N2O2S. The van der Waals surface area contributed by atoms with Crippen molar-refractivity contribution in [3.05, 3.63) is 35.4 Å². The summed E-state index contributed by atoms with van der Waals surface area (Å²) in [6.45, 7) is 1.89. The molecule has 0 bridgehead atoms. The third kappa shape index (κ3) is 4.24. The van der Waals surface area contributed by atoms with Crippen molar-refractivity contribution in [3.8, 4) is 0 Å². The van der Waals surface area contributed by atoms with Crippen LogP contribution in [-0.4, -0.2) is 29.1 Å². The Morgan fingerprint density at radius 2 is 1.86 bits per heavy atom. The Bertz CT molecular complexity index is 513. The van der Waals surface area contributed by atoms with Gasteiger partial charge < -0.3 is 4.90 Å². The number of carbonyl (C=O) groups excluding carboxylic acids is 2. The Morgan fingerprint density at radius 3 is 2.52 bits per heavy atom. The highest BCUT2D eigenvalue weighted by Gasteiger charge is 2.22. The number of nitrogens with one attached hydrogen (secondary N) is 1. The predicted molar refractivity (Wildman–Crippen MR) is 86.3 cm³/mol. The number of rotatable bonds is 2. The van der Waals surface area contributed by atoms with Crippen LogP contribution in [-0.2, 0) is 0 Å². The zero-order chi connectivity index (χ0) is 15.2. The summed E-state index contributed by atoms with van der Waals surface area (Å²) < 4.78 is 2.66. The van der Waals surface area contributed by atoms with Gasteiger partial charge in [0.25, 0.3) is 0 Å². The van der Waals surface area contributed by atoms with Crippen molar-refractivity contribution < 1.29 is 9.59 Å². The molecule has 0 spiro atoms. The lowest BCUT2D eigenvalue weighted by atomic mass is 9.95. The van der Waals surface area contributed by atoms with Gasteiger partial charge in [0.2, 0.25) is 5.12 Å². The predicted octanol–water partition coefficient (Wildman–Crippen LogP) is 3.76. The van der Waals surface area contributed by atoms with Crippen LogP contribution < -0.4 is 4.72 Å². The molecule has 0 atom stereocenters. The monoisotopic (exact) mass is 306 g/mol. The van der Waals surface area contributed by atoms with E-state index < -0.39 is 0 Å². The fraction of sp³-hybridized carbons (Fsp3) is 0.500. The molecule has 5 heteroatoms. The molecule has 1 fully saturated rings. The molecule has 1 aromatic rings. The third-order valence-electron chi connectivity index (χ3n) is 4.04. The van der Waals surface area contributed by atoms with E-state index in [9.17, 15) is 9.59 Å². The Hall–Kier alpha value is -1.49. The minimum absolute atomic E-state index is 0.126. The number of carbonyl (C=O) groups is 2. The van der Waals surface area contributed by atoms with E-state index in [0.717, 1.165) is 30.4 Å². The SMILES string of the molecule is Cc1ccccc1C(=O)SNC(=O)N(C)C1CCCCC1. The summed E-state index contributed by atoms with van der Waals surface area (Å²) in [6, 6.07) is 7.51. The standard InChI is InChI=1S/C16H22N2O2S/c1-12-8-6-7-11-14(12)15(19)21-17-16(20)18(2)13-9-4-3-5-10-13/h6-8,11,13H,3-5,9-10H2,1-2H3,(H,17,20). The van der Waals surface area contributed by atoms with Crippen LogP contribution in [0.15, 0.2) is 24.3 Å². The molecule has 2 rings (SSSR count). The van der Waals surface area contributed by atoms with Gasteiger partial charge in [0.1, 0.15) is 0 Å². The van der Waals surface area contributed by atoms with Crippen LogP contribution in [0.1, 0.15) is 48.0 Å². The zero-order valence-electron chi connectivity index (χ0n) is 12.6. The Labute approximate surface area is 130 Å². The summed E-state index contributed by atoms with van der Waals surface area (Å²) in [5.41, 5.74) is 1.56. The smallest absolute Gasteiger partial charge is 0.324 e. The molecule has 0 heterocycles. The van der Waals surface area contributed by atoms with E-state index in [-0.39, 0.29) is 11.1 Å². The van der Waals surface area contributed by atoms with Gasteiger partial charge in [0.05, 0.1) is 0 Å². The van der Waals surface area contributed by atoms with E-state index in [2.05, 4.69) is 4.72 Å². The molecule has 0 saturated heterocycles. The van der Waals surface area contributed by atoms with E-state index in [1.54, 1.807) is 11.0 Å². The average Bonchev–Trinajstić information content (AvgIpc) is 2.52. The number of hydrogen-bond donors (Lipinski definition) is 1. The van der Waals surface area contributed by atoms with Gasteiger partial charge in [0, 0.05) is 30.6 Å². The van der Waals surface area contributed by atoms with Gasteiger partial charge in [-0.05, 0) is 25.3 Å². The molecule has 0 radical (unpaired) electrons. The summed E-state index contributed by atoms with van der Waals surface area (Å²) >= 11 is 0.864. The molecule has 1 aliphatic rings. The van der Waals surface area contributed by atoms with Crippen LogP contribution in [0.5, 0.6) is 0 Å². The second-order valence-corrected chi connectivity index (χ2v) is 6.29. The van der Waals surface area contributed by atoms with Crippen LogP contribution in [0.3, 0.4) is 0 Å². The minimum Gasteiger partial charge on any atom is -0.324 e. The molecule has 114 valence electrons. The maximum absolute atomic E-state index is 12.1. The van der Waals surface area contributed by atoms with Crippen LogP contribution in [0.4, 0.5) is 4.79 Å². The lowest BCUT2D eigenvalue weighted by molar-refractivity contribution is 0.108. The first-order valence-electron chi connectivity index (χ1n) is 7.39. The van der Waals surface area contributed by atoms with Crippen LogP contribution in [0, 0.1) is 6.92 Å². The molecule has 4 nitrogen and oxygen atoms in total. The highest BCUT2D eigenvalue weighted by Crippen LogP contribution is 2.22. The molecule has 1 aliphatic carbocycles. The van der Waals surface area contributed by atoms with E-state index in [4.69, 9.17) is 0 Å². The average molecular weight is 306 g/mol. The Morgan fingerprint density at radius 1 is 1.19 bits per heavy atom. The van der Waals surface area contributed by atoms with Gasteiger partial charge in [-0.25, -0.2) is 4.79 Å². The number of urea groups is 1. The first-order valence-corrected chi connectivity index (χ1v) is 8.21. The third-order valence-corrected chi connectivity index (χ3v) is 4.72. The van der Waals surface area contributed by atoms with Gasteiger partial charge in [-0.3, -0.25) is 9.52 Å². The number of benzene rings is 1. The molecule has 0 aromatic heterocycles. The van der Waals surface area contributed by atoms with Crippen molar-refractivity contribution in [2.45, 2.75) is 45.1 Å². The summed E-state index contributed by atoms with van der Waals surface area (Å²) in [5, 5.41) is -0.126. The molecule has 1 aromatic carbocycles. The van der Waals surface area contributed by atoms with Crippen molar-refractivity contribution in [2.24, 2.45) is 0 Å². The van der Waals surface area contributed by atoms with Gasteiger partial charge in [-0.15, -0.1) is 0 Å². The number of hydrogen-bond acceptors (Lipinski definition) is 3. The first-order chi connectivity index (χ1) is 10.1. The normalized spacial score (nSPS) is 15.5. The molecule has 1 saturated carbocycles. The van der Waals surface area contributed by atoms with Crippen LogP contribution >= 0.6 is 11.9 Å².